The summed E-state index contributed by atoms with van der Waals surface area (Å²) in [5.41, 5.74) is -1.43. The number of hydrogen-bond donors (Lipinski definition) is 3. The summed E-state index contributed by atoms with van der Waals surface area (Å²) in [6.45, 7) is 3.21. The first-order valence-electron chi connectivity index (χ1n) is 6.32. The van der Waals surface area contributed by atoms with Gasteiger partial charge in [0.25, 0.3) is 5.91 Å². The molecule has 8 nitrogen and oxygen atoms in total. The number of aliphatic hydroxyl groups is 2. The number of rotatable bonds is 4. The molecule has 1 unspecified atom stereocenters. The first-order valence-corrected chi connectivity index (χ1v) is 7.11. The van der Waals surface area contributed by atoms with Crippen LogP contribution in [-0.2, 0) is 14.3 Å². The number of urea groups is 1. The third kappa shape index (κ3) is 2.71. The fraction of sp³-hybridized carbons (Fsp3) is 0.667. The lowest BCUT2D eigenvalue weighted by Crippen LogP contribution is -2.67. The van der Waals surface area contributed by atoms with Crippen LogP contribution >= 0.6 is 15.9 Å². The van der Waals surface area contributed by atoms with E-state index in [9.17, 15) is 14.7 Å². The monoisotopic (exact) mass is 364 g/mol. The Labute approximate surface area is 129 Å². The van der Waals surface area contributed by atoms with Crippen LogP contribution in [0.3, 0.4) is 0 Å². The Hall–Kier alpha value is -1.00. The van der Waals surface area contributed by atoms with E-state index in [1.165, 1.54) is 12.0 Å². The number of nitrogens with zero attached hydrogens (tertiary/aromatic N) is 1. The zero-order valence-electron chi connectivity index (χ0n) is 11.4. The van der Waals surface area contributed by atoms with Crippen molar-refractivity contribution in [1.29, 1.82) is 0 Å². The molecule has 3 amide bonds. The Morgan fingerprint density at radius 2 is 2.33 bits per heavy atom. The second-order valence-electron chi connectivity index (χ2n) is 4.94. The SMILES string of the molecule is C=C(Br)C1(OC)CN([C@H]2C[C@H](O)[C@@H](CO)O2)C(=O)NC1=O. The highest BCUT2D eigenvalue weighted by molar-refractivity contribution is 9.11. The summed E-state index contributed by atoms with van der Waals surface area (Å²) in [5.74, 6) is -0.620. The molecule has 0 saturated carbocycles. The summed E-state index contributed by atoms with van der Waals surface area (Å²) in [7, 11) is 1.33. The van der Waals surface area contributed by atoms with E-state index in [4.69, 9.17) is 14.6 Å². The summed E-state index contributed by atoms with van der Waals surface area (Å²) in [6, 6.07) is -0.641. The first-order chi connectivity index (χ1) is 9.85. The number of nitrogens with one attached hydrogen (secondary N) is 1. The van der Waals surface area contributed by atoms with Crippen molar-refractivity contribution in [1.82, 2.24) is 10.2 Å². The molecule has 2 fully saturated rings. The topological polar surface area (TPSA) is 108 Å². The Morgan fingerprint density at radius 1 is 1.67 bits per heavy atom. The molecule has 2 rings (SSSR count). The summed E-state index contributed by atoms with van der Waals surface area (Å²) in [4.78, 5) is 25.3. The van der Waals surface area contributed by atoms with Crippen LogP contribution in [0.25, 0.3) is 0 Å². The summed E-state index contributed by atoms with van der Waals surface area (Å²) in [6.07, 6.45) is -2.26. The van der Waals surface area contributed by atoms with E-state index in [0.29, 0.717) is 0 Å². The maximum Gasteiger partial charge on any atom is 0.326 e. The summed E-state index contributed by atoms with van der Waals surface area (Å²) < 4.78 is 11.0. The van der Waals surface area contributed by atoms with Gasteiger partial charge in [-0.05, 0) is 0 Å². The third-order valence-corrected chi connectivity index (χ3v) is 4.40. The molecule has 3 N–H and O–H groups in total. The van der Waals surface area contributed by atoms with E-state index in [-0.39, 0.29) is 24.1 Å². The van der Waals surface area contributed by atoms with Gasteiger partial charge in [-0.25, -0.2) is 4.79 Å². The summed E-state index contributed by atoms with van der Waals surface area (Å²) in [5, 5.41) is 21.0. The fourth-order valence-electron chi connectivity index (χ4n) is 2.43. The van der Waals surface area contributed by atoms with Gasteiger partial charge >= 0.3 is 6.03 Å². The van der Waals surface area contributed by atoms with E-state index in [0.717, 1.165) is 0 Å². The Bertz CT molecular complexity index is 473. The Kier molecular flexibility index (Phi) is 4.69. The van der Waals surface area contributed by atoms with Gasteiger partial charge in [0, 0.05) is 18.0 Å². The van der Waals surface area contributed by atoms with Crippen molar-refractivity contribution in [2.45, 2.75) is 30.5 Å². The molecule has 118 valence electrons. The normalized spacial score (nSPS) is 36.8. The molecule has 0 aromatic heterocycles. The van der Waals surface area contributed by atoms with Gasteiger partial charge in [0.2, 0.25) is 0 Å². The molecule has 2 heterocycles. The van der Waals surface area contributed by atoms with Crippen molar-refractivity contribution < 1.29 is 29.3 Å². The van der Waals surface area contributed by atoms with Crippen molar-refractivity contribution in [3.63, 3.8) is 0 Å². The molecule has 0 aromatic carbocycles. The van der Waals surface area contributed by atoms with E-state index in [2.05, 4.69) is 27.8 Å². The molecule has 2 aliphatic heterocycles. The molecular weight excluding hydrogens is 348 g/mol. The van der Waals surface area contributed by atoms with Crippen LogP contribution in [0.4, 0.5) is 4.79 Å². The Morgan fingerprint density at radius 3 is 2.81 bits per heavy atom. The molecular formula is C12H17BrN2O6. The van der Waals surface area contributed by atoms with Crippen LogP contribution in [-0.4, -0.2) is 71.3 Å². The van der Waals surface area contributed by atoms with Gasteiger partial charge < -0.3 is 19.7 Å². The molecule has 2 saturated heterocycles. The molecule has 0 radical (unpaired) electrons. The van der Waals surface area contributed by atoms with Gasteiger partial charge in [0.1, 0.15) is 12.3 Å². The second kappa shape index (κ2) is 6.01. The minimum atomic E-state index is -1.43. The zero-order chi connectivity index (χ0) is 15.8. The largest absolute Gasteiger partial charge is 0.394 e. The molecule has 9 heteroatoms. The second-order valence-corrected chi connectivity index (χ2v) is 5.90. The lowest BCUT2D eigenvalue weighted by molar-refractivity contribution is -0.147. The predicted molar refractivity (Wildman–Crippen MR) is 74.4 cm³/mol. The third-order valence-electron chi connectivity index (χ3n) is 3.76. The van der Waals surface area contributed by atoms with Crippen molar-refractivity contribution in [3.8, 4) is 0 Å². The summed E-state index contributed by atoms with van der Waals surface area (Å²) >= 11 is 3.14. The van der Waals surface area contributed by atoms with Gasteiger partial charge in [-0.2, -0.15) is 0 Å². The highest BCUT2D eigenvalue weighted by Crippen LogP contribution is 2.32. The van der Waals surface area contributed by atoms with Gasteiger partial charge in [-0.15, -0.1) is 0 Å². The molecule has 4 atom stereocenters. The average molecular weight is 365 g/mol. The zero-order valence-corrected chi connectivity index (χ0v) is 13.0. The van der Waals surface area contributed by atoms with Gasteiger partial charge in [-0.3, -0.25) is 15.0 Å². The number of hydrogen-bond acceptors (Lipinski definition) is 6. The fourth-order valence-corrected chi connectivity index (χ4v) is 2.90. The van der Waals surface area contributed by atoms with E-state index >= 15 is 0 Å². The number of imide groups is 1. The van der Waals surface area contributed by atoms with Crippen LogP contribution in [0.15, 0.2) is 11.1 Å². The number of amides is 3. The van der Waals surface area contributed by atoms with Crippen molar-refractivity contribution in [2.24, 2.45) is 0 Å². The number of carbonyl (C=O) groups is 2. The van der Waals surface area contributed by atoms with E-state index in [1.54, 1.807) is 0 Å². The van der Waals surface area contributed by atoms with Crippen LogP contribution in [0.1, 0.15) is 6.42 Å². The molecule has 21 heavy (non-hydrogen) atoms. The highest BCUT2D eigenvalue weighted by Gasteiger charge is 2.51. The first kappa shape index (κ1) is 16.4. The van der Waals surface area contributed by atoms with Crippen molar-refractivity contribution in [3.05, 3.63) is 11.1 Å². The van der Waals surface area contributed by atoms with Crippen LogP contribution < -0.4 is 5.32 Å². The smallest absolute Gasteiger partial charge is 0.326 e. The quantitative estimate of drug-likeness (QED) is 0.608. The standard InChI is InChI=1S/C12H17BrN2O6/c1-6(13)12(20-2)5-15(11(19)14-10(12)18)9-3-7(17)8(4-16)21-9/h7-9,16-17H,1,3-5H2,2H3,(H,14,18,19)/t7-,8+,9+,12?/m0/s1. The van der Waals surface area contributed by atoms with Crippen LogP contribution in [0, 0.1) is 0 Å². The maximum absolute atomic E-state index is 12.0. The number of methoxy groups -OCH3 is 1. The van der Waals surface area contributed by atoms with Crippen molar-refractivity contribution >= 4 is 27.9 Å². The molecule has 0 aromatic rings. The minimum absolute atomic E-state index is 0.103. The maximum atomic E-state index is 12.0. The number of carbonyl (C=O) groups excluding carboxylic acids is 2. The number of aliphatic hydroxyl groups excluding tert-OH is 2. The van der Waals surface area contributed by atoms with Crippen LogP contribution in [0.2, 0.25) is 0 Å². The molecule has 0 bridgehead atoms. The van der Waals surface area contributed by atoms with Gasteiger partial charge in [0.05, 0.1) is 19.3 Å². The lowest BCUT2D eigenvalue weighted by Gasteiger charge is -2.41. The molecule has 0 aliphatic carbocycles. The Balaban J connectivity index is 2.22. The van der Waals surface area contributed by atoms with E-state index < -0.39 is 36.0 Å². The van der Waals surface area contributed by atoms with Gasteiger partial charge in [-0.1, -0.05) is 22.5 Å². The molecule has 0 spiro atoms. The number of halogens is 1. The van der Waals surface area contributed by atoms with E-state index in [1.807, 2.05) is 0 Å². The van der Waals surface area contributed by atoms with Gasteiger partial charge in [0.15, 0.2) is 5.60 Å². The average Bonchev–Trinajstić information content (AvgIpc) is 2.80. The lowest BCUT2D eigenvalue weighted by atomic mass is 9.99. The molecule has 2 aliphatic rings. The predicted octanol–water partition coefficient (Wildman–Crippen LogP) is -0.700. The number of ether oxygens (including phenoxy) is 2. The highest BCUT2D eigenvalue weighted by atomic mass is 79.9. The van der Waals surface area contributed by atoms with Crippen molar-refractivity contribution in [2.75, 3.05) is 20.3 Å². The minimum Gasteiger partial charge on any atom is -0.394 e. The van der Waals surface area contributed by atoms with Crippen LogP contribution in [0.5, 0.6) is 0 Å².